The Morgan fingerprint density at radius 3 is 2.04 bits per heavy atom. The molecule has 4 aromatic rings. The molecule has 2 amide bonds. The maximum Gasteiger partial charge on any atom is 0.408 e. The SMILES string of the molecule is [C-]#[N+]c1c(N)nc(SCc2coc(-c3ccc(Cl)cc3)n2)c(C#N)c1-c1ccc(OC[C@@H](COC(=O)[C@H](C)CC(=O)[C@H](CC(C)C)NC(=O)OC(C)(C)C)OC(=O)[C@H](C)NC(=O)[C@@H](CC(=O)OC(C)(C)C)CC(C)C)cc1. The molecule has 0 saturated heterocycles. The number of rotatable bonds is 25. The standard InChI is InChI=1S/C56H70ClN7O12S/c1-31(2)22-37(25-45(66)75-55(7,8)9)49(67)61-34(6)53(69)74-41(29-73-52(68)33(5)24-44(65)43(23-32(3)4)63-54(70)76-56(10,11)12)28-71-40-20-16-35(17-21-40)46-42(26-58)51(64-48(59)47(46)60-13)77-30-39-27-72-50(62-39)36-14-18-38(57)19-15-36/h14-21,27,31-34,37,41,43H,22-25,28-30H2,1-12H3,(H2,59,64)(H,61,67)(H,63,70)/t33-,34+,37-,41+,43+/m1/s1. The molecule has 5 atom stereocenters. The van der Waals surface area contributed by atoms with Crippen LogP contribution < -0.4 is 21.1 Å². The number of nitrogens with one attached hydrogen (secondary N) is 2. The van der Waals surface area contributed by atoms with E-state index in [9.17, 15) is 34.0 Å². The van der Waals surface area contributed by atoms with Gasteiger partial charge in [0, 0.05) is 34.2 Å². The smallest absolute Gasteiger partial charge is 0.408 e. The predicted octanol–water partition coefficient (Wildman–Crippen LogP) is 10.6. The number of hydrogen-bond acceptors (Lipinski definition) is 17. The van der Waals surface area contributed by atoms with Gasteiger partial charge in [0.25, 0.3) is 0 Å². The fraction of sp³-hybridized carbons (Fsp3) is 0.500. The van der Waals surface area contributed by atoms with Crippen molar-refractivity contribution in [2.24, 2.45) is 23.7 Å². The number of anilines is 1. The van der Waals surface area contributed by atoms with Gasteiger partial charge in [-0.2, -0.15) is 5.26 Å². The topological polar surface area (TPSA) is 266 Å². The van der Waals surface area contributed by atoms with Gasteiger partial charge < -0.3 is 44.5 Å². The molecule has 19 nitrogen and oxygen atoms in total. The van der Waals surface area contributed by atoms with Gasteiger partial charge in [0.2, 0.25) is 17.5 Å². The van der Waals surface area contributed by atoms with Gasteiger partial charge in [-0.25, -0.2) is 24.4 Å². The van der Waals surface area contributed by atoms with Gasteiger partial charge in [-0.15, -0.1) is 0 Å². The number of halogens is 1. The zero-order valence-corrected chi connectivity index (χ0v) is 47.3. The zero-order chi connectivity index (χ0) is 57.4. The Kier molecular flexibility index (Phi) is 22.9. The molecule has 0 bridgehead atoms. The number of esters is 3. The molecule has 0 fully saturated rings. The quantitative estimate of drug-likeness (QED) is 0.0241. The fourth-order valence-corrected chi connectivity index (χ4v) is 8.57. The number of nitrogens with zero attached hydrogens (tertiary/aromatic N) is 4. The Balaban J connectivity index is 1.54. The minimum absolute atomic E-state index is 0.0112. The molecule has 4 rings (SSSR count). The van der Waals surface area contributed by atoms with Crippen molar-refractivity contribution in [3.8, 4) is 34.4 Å². The minimum atomic E-state index is -1.27. The van der Waals surface area contributed by atoms with Crippen LogP contribution in [0.1, 0.15) is 120 Å². The predicted molar refractivity (Wildman–Crippen MR) is 290 cm³/mol. The third-order valence-corrected chi connectivity index (χ3v) is 12.3. The molecule has 414 valence electrons. The molecule has 0 radical (unpaired) electrons. The Morgan fingerprint density at radius 1 is 0.831 bits per heavy atom. The second-order valence-electron chi connectivity index (χ2n) is 21.3. The number of ether oxygens (including phenoxy) is 5. The van der Waals surface area contributed by atoms with Crippen LogP contribution in [0.2, 0.25) is 5.02 Å². The lowest BCUT2D eigenvalue weighted by molar-refractivity contribution is -0.165. The molecule has 21 heteroatoms. The summed E-state index contributed by atoms with van der Waals surface area (Å²) in [5, 5.41) is 16.5. The maximum absolute atomic E-state index is 13.7. The summed E-state index contributed by atoms with van der Waals surface area (Å²) in [4.78, 5) is 92.2. The summed E-state index contributed by atoms with van der Waals surface area (Å²) in [6, 6.07) is 13.3. The summed E-state index contributed by atoms with van der Waals surface area (Å²) in [6.07, 6.45) is -0.428. The summed E-state index contributed by atoms with van der Waals surface area (Å²) >= 11 is 7.22. The number of nitriles is 1. The van der Waals surface area contributed by atoms with E-state index in [4.69, 9.17) is 52.0 Å². The van der Waals surface area contributed by atoms with Crippen LogP contribution in [0.15, 0.2) is 64.2 Å². The van der Waals surface area contributed by atoms with Crippen LogP contribution in [0.5, 0.6) is 5.75 Å². The van der Waals surface area contributed by atoms with Gasteiger partial charge in [-0.05, 0) is 115 Å². The number of benzene rings is 2. The minimum Gasteiger partial charge on any atom is -0.490 e. The molecule has 2 aromatic heterocycles. The van der Waals surface area contributed by atoms with Gasteiger partial charge >= 0.3 is 24.0 Å². The molecule has 4 N–H and O–H groups in total. The van der Waals surface area contributed by atoms with Crippen molar-refractivity contribution in [2.45, 2.75) is 149 Å². The molecule has 0 aliphatic rings. The number of ketones is 1. The number of alkyl carbamates (subject to hydrolysis) is 1. The first kappa shape index (κ1) is 62.4. The Hall–Kier alpha value is -7.16. The van der Waals surface area contributed by atoms with E-state index in [1.54, 1.807) is 90.1 Å². The molecular weight excluding hydrogens is 1030 g/mol. The lowest BCUT2D eigenvalue weighted by Crippen LogP contribution is -2.45. The van der Waals surface area contributed by atoms with Crippen LogP contribution in [0.3, 0.4) is 0 Å². The Bertz CT molecular complexity index is 2790. The Morgan fingerprint density at radius 2 is 1.45 bits per heavy atom. The third-order valence-electron chi connectivity index (χ3n) is 11.0. The summed E-state index contributed by atoms with van der Waals surface area (Å²) in [5.74, 6) is -4.23. The number of amides is 2. The molecule has 0 spiro atoms. The molecule has 2 heterocycles. The van der Waals surface area contributed by atoms with E-state index < -0.39 is 83.5 Å². The highest BCUT2D eigenvalue weighted by molar-refractivity contribution is 7.98. The number of carbonyl (C=O) groups is 6. The van der Waals surface area contributed by atoms with E-state index in [0.717, 1.165) is 5.56 Å². The summed E-state index contributed by atoms with van der Waals surface area (Å²) in [7, 11) is 0. The molecule has 0 aliphatic carbocycles. The number of nitrogens with two attached hydrogens (primary N) is 1. The van der Waals surface area contributed by atoms with Crippen molar-refractivity contribution in [1.82, 2.24) is 20.6 Å². The number of carbonyl (C=O) groups excluding carboxylic acids is 6. The van der Waals surface area contributed by atoms with E-state index in [0.29, 0.717) is 35.0 Å². The second kappa shape index (κ2) is 28.3. The van der Waals surface area contributed by atoms with Crippen LogP contribution in [-0.4, -0.2) is 88.3 Å². The largest absolute Gasteiger partial charge is 0.490 e. The highest BCUT2D eigenvalue weighted by Crippen LogP contribution is 2.42. The van der Waals surface area contributed by atoms with Crippen LogP contribution >= 0.6 is 23.4 Å². The van der Waals surface area contributed by atoms with Crippen LogP contribution in [0, 0.1) is 41.6 Å². The lowest BCUT2D eigenvalue weighted by atomic mass is 9.93. The lowest BCUT2D eigenvalue weighted by Gasteiger charge is -2.25. The molecular formula is C56H70ClN7O12S. The van der Waals surface area contributed by atoms with Crippen LogP contribution in [0.4, 0.5) is 16.3 Å². The first-order valence-electron chi connectivity index (χ1n) is 25.1. The molecule has 2 aromatic carbocycles. The van der Waals surface area contributed by atoms with Gasteiger partial charge in [-0.1, -0.05) is 70.1 Å². The van der Waals surface area contributed by atoms with Crippen molar-refractivity contribution in [1.29, 1.82) is 5.26 Å². The fourth-order valence-electron chi connectivity index (χ4n) is 7.57. The number of hydrogen-bond donors (Lipinski definition) is 3. The number of oxazole rings is 1. The number of thioether (sulfide) groups is 1. The van der Waals surface area contributed by atoms with Gasteiger partial charge in [0.15, 0.2) is 11.9 Å². The normalized spacial score (nSPS) is 13.5. The van der Waals surface area contributed by atoms with Gasteiger partial charge in [-0.3, -0.25) is 19.2 Å². The number of pyridine rings is 1. The molecule has 0 aliphatic heterocycles. The molecule has 0 saturated carbocycles. The van der Waals surface area contributed by atoms with Crippen molar-refractivity contribution >= 4 is 70.6 Å². The second-order valence-corrected chi connectivity index (χ2v) is 22.7. The number of nitrogen functional groups attached to an aromatic ring is 1. The maximum atomic E-state index is 13.7. The third kappa shape index (κ3) is 20.4. The van der Waals surface area contributed by atoms with Gasteiger partial charge in [0.05, 0.1) is 36.2 Å². The van der Waals surface area contributed by atoms with Crippen molar-refractivity contribution in [2.75, 3.05) is 18.9 Å². The number of Topliss-reactive ketones (excluding diaryl/α,β-unsaturated/α-hetero) is 1. The van der Waals surface area contributed by atoms with Crippen molar-refractivity contribution in [3.63, 3.8) is 0 Å². The molecule has 0 unspecified atom stereocenters. The van der Waals surface area contributed by atoms with E-state index in [1.807, 2.05) is 27.7 Å². The van der Waals surface area contributed by atoms with E-state index >= 15 is 0 Å². The van der Waals surface area contributed by atoms with E-state index in [1.165, 1.54) is 31.9 Å². The summed E-state index contributed by atoms with van der Waals surface area (Å²) < 4.78 is 34.0. The van der Waals surface area contributed by atoms with Crippen LogP contribution in [-0.2, 0) is 48.7 Å². The first-order chi connectivity index (χ1) is 36.1. The first-order valence-corrected chi connectivity index (χ1v) is 26.5. The number of aromatic nitrogens is 2. The average molecular weight is 1100 g/mol. The summed E-state index contributed by atoms with van der Waals surface area (Å²) in [5.41, 5.74) is 6.76. The van der Waals surface area contributed by atoms with E-state index in [2.05, 4.69) is 31.5 Å². The van der Waals surface area contributed by atoms with Crippen LogP contribution in [0.25, 0.3) is 27.4 Å². The monoisotopic (exact) mass is 1100 g/mol. The Labute approximate surface area is 459 Å². The van der Waals surface area contributed by atoms with E-state index in [-0.39, 0.29) is 70.4 Å². The summed E-state index contributed by atoms with van der Waals surface area (Å²) in [6.45, 7) is 27.7. The highest BCUT2D eigenvalue weighted by atomic mass is 35.5. The van der Waals surface area contributed by atoms with Crippen molar-refractivity contribution < 1.29 is 56.9 Å². The average Bonchev–Trinajstić information content (AvgIpc) is 3.81. The van der Waals surface area contributed by atoms with Gasteiger partial charge in [0.1, 0.15) is 59.4 Å². The molecule has 77 heavy (non-hydrogen) atoms. The van der Waals surface area contributed by atoms with Crippen molar-refractivity contribution in [3.05, 3.63) is 82.5 Å². The zero-order valence-electron chi connectivity index (χ0n) is 45.7. The highest BCUT2D eigenvalue weighted by Gasteiger charge is 2.32.